The van der Waals surface area contributed by atoms with Gasteiger partial charge < -0.3 is 20.2 Å². The lowest BCUT2D eigenvalue weighted by atomic mass is 9.92. The largest absolute Gasteiger partial charge is 0.480 e. The molecule has 0 spiro atoms. The van der Waals surface area contributed by atoms with Crippen molar-refractivity contribution in [1.29, 1.82) is 0 Å². The van der Waals surface area contributed by atoms with Gasteiger partial charge in [0.05, 0.1) is 11.4 Å². The predicted molar refractivity (Wildman–Crippen MR) is 98.2 cm³/mol. The fourth-order valence-electron chi connectivity index (χ4n) is 3.62. The van der Waals surface area contributed by atoms with Crippen molar-refractivity contribution in [3.63, 3.8) is 0 Å². The fourth-order valence-corrected chi connectivity index (χ4v) is 3.62. The van der Waals surface area contributed by atoms with Gasteiger partial charge in [0, 0.05) is 19.4 Å². The molecule has 2 aliphatic heterocycles. The number of carbonyl (C=O) groups excluding carboxylic acids is 3. The molecular weight excluding hydrogens is 350 g/mol. The van der Waals surface area contributed by atoms with Crippen molar-refractivity contribution < 1.29 is 24.3 Å². The minimum atomic E-state index is -1.01. The predicted octanol–water partition coefficient (Wildman–Crippen LogP) is 1.46. The van der Waals surface area contributed by atoms with Crippen LogP contribution < -0.4 is 10.2 Å². The van der Waals surface area contributed by atoms with Crippen molar-refractivity contribution in [2.24, 2.45) is 5.92 Å². The van der Waals surface area contributed by atoms with Gasteiger partial charge in [-0.15, -0.1) is 0 Å². The number of nitrogens with one attached hydrogen (secondary N) is 1. The normalized spacial score (nSPS) is 22.0. The summed E-state index contributed by atoms with van der Waals surface area (Å²) in [5.41, 5.74) is 1.16. The van der Waals surface area contributed by atoms with E-state index in [-0.39, 0.29) is 43.0 Å². The van der Waals surface area contributed by atoms with Crippen LogP contribution in [0.1, 0.15) is 32.6 Å². The number of carboxylic acid groups (broad SMARTS) is 1. The third-order valence-corrected chi connectivity index (χ3v) is 5.09. The van der Waals surface area contributed by atoms with Crippen molar-refractivity contribution in [3.05, 3.63) is 24.3 Å². The summed E-state index contributed by atoms with van der Waals surface area (Å²) in [6, 6.07) is 6.15. The van der Waals surface area contributed by atoms with E-state index in [4.69, 9.17) is 0 Å². The van der Waals surface area contributed by atoms with Crippen molar-refractivity contribution in [2.75, 3.05) is 23.3 Å². The number of aliphatic carboxylic acids is 1. The molecule has 1 aromatic rings. The molecular formula is C19H23N3O5. The van der Waals surface area contributed by atoms with Crippen LogP contribution in [0.4, 0.5) is 11.4 Å². The van der Waals surface area contributed by atoms with Gasteiger partial charge >= 0.3 is 5.97 Å². The first-order chi connectivity index (χ1) is 12.9. The molecule has 144 valence electrons. The third-order valence-electron chi connectivity index (χ3n) is 5.09. The highest BCUT2D eigenvalue weighted by molar-refractivity contribution is 6.10. The second-order valence-corrected chi connectivity index (χ2v) is 7.12. The van der Waals surface area contributed by atoms with Gasteiger partial charge in [-0.1, -0.05) is 19.1 Å². The number of carboxylic acids is 1. The molecule has 2 unspecified atom stereocenters. The first kappa shape index (κ1) is 18.9. The molecule has 1 saturated heterocycles. The van der Waals surface area contributed by atoms with E-state index in [9.17, 15) is 24.3 Å². The second-order valence-electron chi connectivity index (χ2n) is 7.12. The molecule has 8 nitrogen and oxygen atoms in total. The Morgan fingerprint density at radius 2 is 1.89 bits per heavy atom. The second kappa shape index (κ2) is 7.77. The maximum atomic E-state index is 12.6. The molecule has 0 radical (unpaired) electrons. The van der Waals surface area contributed by atoms with Crippen molar-refractivity contribution in [2.45, 2.75) is 38.6 Å². The average Bonchev–Trinajstić information content (AvgIpc) is 2.64. The van der Waals surface area contributed by atoms with Crippen LogP contribution in [0.25, 0.3) is 0 Å². The lowest BCUT2D eigenvalue weighted by Crippen LogP contribution is -2.50. The van der Waals surface area contributed by atoms with Gasteiger partial charge in [0.15, 0.2) is 0 Å². The standard InChI is InChI=1S/C19H23N3O5/c1-12-8-9-21(15(10-12)19(26)27)17(24)6-7-18(25)22-11-16(23)20-13-4-2-3-5-14(13)22/h2-5,12,15H,6-11H2,1H3,(H,20,23)(H,26,27). The number of nitrogens with zero attached hydrogens (tertiary/aromatic N) is 2. The number of piperidine rings is 1. The van der Waals surface area contributed by atoms with Crippen LogP contribution >= 0.6 is 0 Å². The Hall–Kier alpha value is -2.90. The summed E-state index contributed by atoms with van der Waals surface area (Å²) < 4.78 is 0. The van der Waals surface area contributed by atoms with E-state index in [1.165, 1.54) is 9.80 Å². The molecule has 1 aromatic carbocycles. The van der Waals surface area contributed by atoms with Crippen molar-refractivity contribution in [3.8, 4) is 0 Å². The van der Waals surface area contributed by atoms with Crippen LogP contribution in [0.3, 0.4) is 0 Å². The van der Waals surface area contributed by atoms with Gasteiger partial charge in [0.2, 0.25) is 17.7 Å². The highest BCUT2D eigenvalue weighted by Gasteiger charge is 2.35. The molecule has 2 N–H and O–H groups in total. The highest BCUT2D eigenvalue weighted by atomic mass is 16.4. The zero-order valence-corrected chi connectivity index (χ0v) is 15.2. The Morgan fingerprint density at radius 1 is 1.19 bits per heavy atom. The number of hydrogen-bond donors (Lipinski definition) is 2. The molecule has 1 fully saturated rings. The molecule has 0 aliphatic carbocycles. The monoisotopic (exact) mass is 373 g/mol. The summed E-state index contributed by atoms with van der Waals surface area (Å²) in [5.74, 6) is -1.72. The van der Waals surface area contributed by atoms with Gasteiger partial charge in [-0.25, -0.2) is 4.79 Å². The number of likely N-dealkylation sites (tertiary alicyclic amines) is 1. The summed E-state index contributed by atoms with van der Waals surface area (Å²) in [7, 11) is 0. The van der Waals surface area contributed by atoms with E-state index in [2.05, 4.69) is 5.32 Å². The van der Waals surface area contributed by atoms with Gasteiger partial charge in [-0.3, -0.25) is 14.4 Å². The number of hydrogen-bond acceptors (Lipinski definition) is 4. The van der Waals surface area contributed by atoms with E-state index in [1.807, 2.05) is 6.92 Å². The number of fused-ring (bicyclic) bond motifs is 1. The molecule has 0 aromatic heterocycles. The molecule has 27 heavy (non-hydrogen) atoms. The van der Waals surface area contributed by atoms with Crippen LogP contribution in [-0.2, 0) is 19.2 Å². The van der Waals surface area contributed by atoms with Crippen molar-refractivity contribution in [1.82, 2.24) is 4.90 Å². The zero-order valence-electron chi connectivity index (χ0n) is 15.2. The lowest BCUT2D eigenvalue weighted by molar-refractivity contribution is -0.153. The van der Waals surface area contributed by atoms with Gasteiger partial charge in [-0.2, -0.15) is 0 Å². The van der Waals surface area contributed by atoms with E-state index in [0.29, 0.717) is 24.3 Å². The smallest absolute Gasteiger partial charge is 0.326 e. The van der Waals surface area contributed by atoms with Gasteiger partial charge in [-0.05, 0) is 30.9 Å². The minimum absolute atomic E-state index is 0.0706. The average molecular weight is 373 g/mol. The first-order valence-corrected chi connectivity index (χ1v) is 9.08. The first-order valence-electron chi connectivity index (χ1n) is 9.08. The number of anilines is 2. The lowest BCUT2D eigenvalue weighted by Gasteiger charge is -2.36. The zero-order chi connectivity index (χ0) is 19.6. The highest BCUT2D eigenvalue weighted by Crippen LogP contribution is 2.30. The SMILES string of the molecule is CC1CCN(C(=O)CCC(=O)N2CC(=O)Nc3ccccc32)C(C(=O)O)C1. The maximum absolute atomic E-state index is 12.6. The van der Waals surface area contributed by atoms with E-state index in [1.54, 1.807) is 24.3 Å². The number of para-hydroxylation sites is 2. The summed E-state index contributed by atoms with van der Waals surface area (Å²) in [5, 5.41) is 12.1. The van der Waals surface area contributed by atoms with Crippen LogP contribution in [-0.4, -0.2) is 52.8 Å². The minimum Gasteiger partial charge on any atom is -0.480 e. The number of rotatable bonds is 4. The van der Waals surface area contributed by atoms with E-state index < -0.39 is 12.0 Å². The van der Waals surface area contributed by atoms with Gasteiger partial charge in [0.25, 0.3) is 0 Å². The summed E-state index contributed by atoms with van der Waals surface area (Å²) >= 11 is 0. The molecule has 3 amide bonds. The summed E-state index contributed by atoms with van der Waals surface area (Å²) in [6.07, 6.45) is 1.04. The van der Waals surface area contributed by atoms with Crippen LogP contribution in [0, 0.1) is 5.92 Å². The molecule has 0 saturated carbocycles. The summed E-state index contributed by atoms with van der Waals surface area (Å²) in [6.45, 7) is 2.27. The van der Waals surface area contributed by atoms with Crippen molar-refractivity contribution >= 4 is 35.1 Å². The Labute approximate surface area is 157 Å². The quantitative estimate of drug-likeness (QED) is 0.831. The molecule has 3 rings (SSSR count). The molecule has 2 atom stereocenters. The number of carbonyl (C=O) groups is 4. The fraction of sp³-hybridized carbons (Fsp3) is 0.474. The number of amides is 3. The van der Waals surface area contributed by atoms with Crippen LogP contribution in [0.5, 0.6) is 0 Å². The van der Waals surface area contributed by atoms with E-state index >= 15 is 0 Å². The Balaban J connectivity index is 1.64. The van der Waals surface area contributed by atoms with Crippen LogP contribution in [0.2, 0.25) is 0 Å². The topological polar surface area (TPSA) is 107 Å². The molecule has 2 heterocycles. The Kier molecular flexibility index (Phi) is 5.43. The maximum Gasteiger partial charge on any atom is 0.326 e. The molecule has 0 bridgehead atoms. The Morgan fingerprint density at radius 3 is 2.63 bits per heavy atom. The van der Waals surface area contributed by atoms with Crippen LogP contribution in [0.15, 0.2) is 24.3 Å². The number of benzene rings is 1. The molecule has 8 heteroatoms. The summed E-state index contributed by atoms with van der Waals surface area (Å²) in [4.78, 5) is 51.2. The van der Waals surface area contributed by atoms with Gasteiger partial charge in [0.1, 0.15) is 12.6 Å². The Bertz CT molecular complexity index is 778. The third kappa shape index (κ3) is 4.10. The molecule has 2 aliphatic rings. The van der Waals surface area contributed by atoms with E-state index in [0.717, 1.165) is 6.42 Å².